The Morgan fingerprint density at radius 3 is 2.50 bits per heavy atom. The molecule has 2 heterocycles. The van der Waals surface area contributed by atoms with Crippen LogP contribution in [0.15, 0.2) is 36.4 Å². The zero-order valence-corrected chi connectivity index (χ0v) is 15.2. The van der Waals surface area contributed by atoms with Crippen LogP contribution in [0.1, 0.15) is 44.1 Å². The van der Waals surface area contributed by atoms with Crippen LogP contribution in [0.4, 0.5) is 0 Å². The molecule has 0 fully saturated rings. The van der Waals surface area contributed by atoms with Crippen molar-refractivity contribution in [2.75, 3.05) is 0 Å². The van der Waals surface area contributed by atoms with Crippen LogP contribution in [0.25, 0.3) is 0 Å². The second kappa shape index (κ2) is 7.00. The number of carbonyl (C=O) groups excluding carboxylic acids is 1. The predicted molar refractivity (Wildman–Crippen MR) is 99.2 cm³/mol. The number of primary amides is 1. The van der Waals surface area contributed by atoms with Crippen molar-refractivity contribution in [1.29, 1.82) is 0 Å². The van der Waals surface area contributed by atoms with E-state index in [-0.39, 0.29) is 5.88 Å². The summed E-state index contributed by atoms with van der Waals surface area (Å²) in [5.74, 6) is -0.554. The van der Waals surface area contributed by atoms with Crippen LogP contribution < -0.4 is 5.73 Å². The van der Waals surface area contributed by atoms with E-state index in [9.17, 15) is 9.90 Å². The summed E-state index contributed by atoms with van der Waals surface area (Å²) < 4.78 is 1.78. The largest absolute Gasteiger partial charge is 0.493 e. The van der Waals surface area contributed by atoms with E-state index in [1.807, 2.05) is 57.2 Å². The number of pyridine rings is 1. The highest BCUT2D eigenvalue weighted by molar-refractivity contribution is 5.95. The number of nitrogens with two attached hydrogens (primary N) is 1. The van der Waals surface area contributed by atoms with Crippen molar-refractivity contribution in [3.05, 3.63) is 75.7 Å². The average Bonchev–Trinajstić information content (AvgIpc) is 2.87. The van der Waals surface area contributed by atoms with Gasteiger partial charge < -0.3 is 10.8 Å². The van der Waals surface area contributed by atoms with Gasteiger partial charge in [0.2, 0.25) is 5.88 Å². The summed E-state index contributed by atoms with van der Waals surface area (Å²) in [6, 6.07) is 11.8. The number of hydrogen-bond acceptors (Lipinski definition) is 4. The van der Waals surface area contributed by atoms with Crippen LogP contribution in [-0.4, -0.2) is 25.8 Å². The first-order chi connectivity index (χ1) is 12.4. The van der Waals surface area contributed by atoms with Crippen molar-refractivity contribution >= 4 is 5.91 Å². The number of aryl methyl sites for hydroxylation is 2. The molecule has 134 valence electrons. The Morgan fingerprint density at radius 1 is 1.19 bits per heavy atom. The molecule has 0 radical (unpaired) electrons. The number of rotatable bonds is 5. The summed E-state index contributed by atoms with van der Waals surface area (Å²) in [5, 5.41) is 14.8. The van der Waals surface area contributed by atoms with Crippen LogP contribution in [0.5, 0.6) is 5.88 Å². The zero-order chi connectivity index (χ0) is 18.8. The molecular formula is C20H22N4O2. The SMILES string of the molecule is Cc1cc(C)c(Cc2nn(Cc3ccccc3)c(C)c2C(N)=O)c(O)n1. The van der Waals surface area contributed by atoms with E-state index in [2.05, 4.69) is 10.1 Å². The maximum absolute atomic E-state index is 12.0. The van der Waals surface area contributed by atoms with Gasteiger partial charge in [0, 0.05) is 23.4 Å². The molecule has 0 aliphatic heterocycles. The number of hydrogen-bond donors (Lipinski definition) is 2. The molecule has 26 heavy (non-hydrogen) atoms. The normalized spacial score (nSPS) is 10.9. The van der Waals surface area contributed by atoms with Crippen molar-refractivity contribution in [2.24, 2.45) is 5.73 Å². The maximum atomic E-state index is 12.0. The molecule has 0 saturated carbocycles. The Morgan fingerprint density at radius 2 is 1.88 bits per heavy atom. The van der Waals surface area contributed by atoms with Gasteiger partial charge in [0.1, 0.15) is 0 Å². The molecular weight excluding hydrogens is 328 g/mol. The van der Waals surface area contributed by atoms with Gasteiger partial charge >= 0.3 is 0 Å². The second-order valence-corrected chi connectivity index (χ2v) is 6.47. The first-order valence-corrected chi connectivity index (χ1v) is 8.43. The Bertz CT molecular complexity index is 938. The molecule has 0 aliphatic carbocycles. The molecule has 6 nitrogen and oxygen atoms in total. The van der Waals surface area contributed by atoms with Crippen molar-refractivity contribution in [3.8, 4) is 5.88 Å². The van der Waals surface area contributed by atoms with Gasteiger partial charge in [0.15, 0.2) is 0 Å². The van der Waals surface area contributed by atoms with Gasteiger partial charge in [-0.1, -0.05) is 30.3 Å². The lowest BCUT2D eigenvalue weighted by atomic mass is 10.0. The van der Waals surface area contributed by atoms with Gasteiger partial charge in [0.05, 0.1) is 17.8 Å². The first-order valence-electron chi connectivity index (χ1n) is 8.43. The van der Waals surface area contributed by atoms with Crippen LogP contribution in [0.3, 0.4) is 0 Å². The monoisotopic (exact) mass is 350 g/mol. The topological polar surface area (TPSA) is 94.0 Å². The standard InChI is InChI=1S/C20H22N4O2/c1-12-9-13(2)22-20(26)16(12)10-17-18(19(21)25)14(3)24(23-17)11-15-7-5-4-6-8-15/h4-9H,10-11H2,1-3H3,(H2,21,25)(H,22,26). The fourth-order valence-corrected chi connectivity index (χ4v) is 3.19. The molecule has 0 unspecified atom stereocenters. The predicted octanol–water partition coefficient (Wildman–Crippen LogP) is 2.65. The van der Waals surface area contributed by atoms with Gasteiger partial charge in [-0.05, 0) is 38.0 Å². The lowest BCUT2D eigenvalue weighted by Crippen LogP contribution is -2.15. The summed E-state index contributed by atoms with van der Waals surface area (Å²) in [6.45, 7) is 6.11. The Balaban J connectivity index is 2.02. The van der Waals surface area contributed by atoms with Gasteiger partial charge in [-0.3, -0.25) is 9.48 Å². The van der Waals surface area contributed by atoms with E-state index in [1.165, 1.54) is 0 Å². The summed E-state index contributed by atoms with van der Waals surface area (Å²) in [7, 11) is 0. The number of benzene rings is 1. The third kappa shape index (κ3) is 3.44. The average molecular weight is 350 g/mol. The van der Waals surface area contributed by atoms with E-state index >= 15 is 0 Å². The molecule has 1 amide bonds. The molecule has 2 aromatic heterocycles. The smallest absolute Gasteiger partial charge is 0.252 e. The molecule has 0 spiro atoms. The fraction of sp³-hybridized carbons (Fsp3) is 0.250. The van der Waals surface area contributed by atoms with Crippen LogP contribution in [0.2, 0.25) is 0 Å². The summed E-state index contributed by atoms with van der Waals surface area (Å²) in [6.07, 6.45) is 0.297. The number of amides is 1. The number of nitrogens with zero attached hydrogens (tertiary/aromatic N) is 3. The third-order valence-corrected chi connectivity index (χ3v) is 4.50. The van der Waals surface area contributed by atoms with Gasteiger partial charge in [-0.2, -0.15) is 5.10 Å². The van der Waals surface area contributed by atoms with E-state index in [1.54, 1.807) is 4.68 Å². The molecule has 6 heteroatoms. The maximum Gasteiger partial charge on any atom is 0.252 e. The number of carbonyl (C=O) groups is 1. The van der Waals surface area contributed by atoms with E-state index in [0.717, 1.165) is 16.8 Å². The van der Waals surface area contributed by atoms with Crippen LogP contribution in [-0.2, 0) is 13.0 Å². The second-order valence-electron chi connectivity index (χ2n) is 6.47. The highest BCUT2D eigenvalue weighted by Gasteiger charge is 2.21. The van der Waals surface area contributed by atoms with Crippen molar-refractivity contribution in [2.45, 2.75) is 33.7 Å². The van der Waals surface area contributed by atoms with E-state index < -0.39 is 5.91 Å². The van der Waals surface area contributed by atoms with Crippen molar-refractivity contribution in [3.63, 3.8) is 0 Å². The molecule has 0 aliphatic rings. The van der Waals surface area contributed by atoms with Gasteiger partial charge in [-0.25, -0.2) is 4.98 Å². The van der Waals surface area contributed by atoms with E-state index in [0.29, 0.717) is 35.5 Å². The molecule has 0 bridgehead atoms. The molecule has 3 rings (SSSR count). The number of aromatic nitrogens is 3. The van der Waals surface area contributed by atoms with Gasteiger partial charge in [0.25, 0.3) is 5.91 Å². The van der Waals surface area contributed by atoms with E-state index in [4.69, 9.17) is 5.73 Å². The lowest BCUT2D eigenvalue weighted by molar-refractivity contribution is 0.0999. The fourth-order valence-electron chi connectivity index (χ4n) is 3.19. The Hall–Kier alpha value is -3.15. The zero-order valence-electron chi connectivity index (χ0n) is 15.2. The Labute approximate surface area is 152 Å². The quantitative estimate of drug-likeness (QED) is 0.740. The highest BCUT2D eigenvalue weighted by atomic mass is 16.3. The molecule has 3 N–H and O–H groups in total. The van der Waals surface area contributed by atoms with Gasteiger partial charge in [-0.15, -0.1) is 0 Å². The molecule has 1 aromatic carbocycles. The third-order valence-electron chi connectivity index (χ3n) is 4.50. The minimum absolute atomic E-state index is 0.0341. The van der Waals surface area contributed by atoms with Crippen molar-refractivity contribution in [1.82, 2.24) is 14.8 Å². The molecule has 0 saturated heterocycles. The van der Waals surface area contributed by atoms with Crippen LogP contribution in [0, 0.1) is 20.8 Å². The van der Waals surface area contributed by atoms with Crippen LogP contribution >= 0.6 is 0 Å². The van der Waals surface area contributed by atoms with Crippen molar-refractivity contribution < 1.29 is 9.90 Å². The minimum atomic E-state index is -0.519. The summed E-state index contributed by atoms with van der Waals surface area (Å²) in [4.78, 5) is 16.1. The Kier molecular flexibility index (Phi) is 4.75. The highest BCUT2D eigenvalue weighted by Crippen LogP contribution is 2.25. The number of aromatic hydroxyl groups is 1. The summed E-state index contributed by atoms with van der Waals surface area (Å²) in [5.41, 5.74) is 10.7. The first kappa shape index (κ1) is 17.7. The lowest BCUT2D eigenvalue weighted by Gasteiger charge is -2.08. The molecule has 0 atom stereocenters. The molecule has 3 aromatic rings. The minimum Gasteiger partial charge on any atom is -0.493 e. The summed E-state index contributed by atoms with van der Waals surface area (Å²) >= 11 is 0.